The van der Waals surface area contributed by atoms with Crippen molar-refractivity contribution in [2.75, 3.05) is 4.90 Å². The van der Waals surface area contributed by atoms with Gasteiger partial charge in [-0.3, -0.25) is 14.9 Å². The van der Waals surface area contributed by atoms with E-state index in [-0.39, 0.29) is 5.57 Å². The average molecular weight is 332 g/mol. The molecule has 6 nitrogen and oxygen atoms in total. The van der Waals surface area contributed by atoms with Gasteiger partial charge in [0.1, 0.15) is 11.3 Å². The first-order valence-corrected chi connectivity index (χ1v) is 7.58. The van der Waals surface area contributed by atoms with E-state index < -0.39 is 17.8 Å². The van der Waals surface area contributed by atoms with E-state index in [1.165, 1.54) is 12.3 Å². The number of rotatable bonds is 2. The van der Waals surface area contributed by atoms with Crippen LogP contribution in [0.15, 0.2) is 70.9 Å². The van der Waals surface area contributed by atoms with E-state index in [9.17, 15) is 14.4 Å². The Balaban J connectivity index is 1.84. The van der Waals surface area contributed by atoms with Crippen LogP contribution in [0.5, 0.6) is 0 Å². The molecule has 3 aromatic rings. The molecule has 0 atom stereocenters. The summed E-state index contributed by atoms with van der Waals surface area (Å²) in [5.74, 6) is -1.09. The summed E-state index contributed by atoms with van der Waals surface area (Å²) in [6, 6.07) is 15.2. The Bertz CT molecular complexity index is 1030. The number of nitrogens with one attached hydrogen (secondary N) is 1. The number of urea groups is 1. The van der Waals surface area contributed by atoms with Crippen LogP contribution in [0.1, 0.15) is 5.76 Å². The zero-order valence-electron chi connectivity index (χ0n) is 12.9. The van der Waals surface area contributed by atoms with Crippen LogP contribution in [-0.2, 0) is 9.59 Å². The summed E-state index contributed by atoms with van der Waals surface area (Å²) in [7, 11) is 0. The fourth-order valence-electron chi connectivity index (χ4n) is 2.80. The Hall–Kier alpha value is -3.67. The number of barbiturate groups is 1. The Morgan fingerprint density at radius 1 is 0.920 bits per heavy atom. The Kier molecular flexibility index (Phi) is 3.43. The lowest BCUT2D eigenvalue weighted by molar-refractivity contribution is -0.122. The number of carbonyl (C=O) groups is 3. The summed E-state index contributed by atoms with van der Waals surface area (Å²) < 4.78 is 5.16. The molecular weight excluding hydrogens is 320 g/mol. The Labute approximate surface area is 142 Å². The molecule has 2 aromatic carbocycles. The molecule has 4 amide bonds. The fraction of sp³-hybridized carbons (Fsp3) is 0. The SMILES string of the molecule is O=C1NC(=O)N(c2cccc3ccccc23)C(=O)/C1=C/c1ccco1. The molecule has 25 heavy (non-hydrogen) atoms. The van der Waals surface area contributed by atoms with Crippen LogP contribution in [-0.4, -0.2) is 17.8 Å². The highest BCUT2D eigenvalue weighted by atomic mass is 16.3. The molecule has 0 unspecified atom stereocenters. The number of imide groups is 2. The highest BCUT2D eigenvalue weighted by Gasteiger charge is 2.37. The number of benzene rings is 2. The first kappa shape index (κ1) is 14.9. The molecule has 6 heteroatoms. The molecular formula is C19H12N2O4. The topological polar surface area (TPSA) is 79.6 Å². The van der Waals surface area contributed by atoms with Crippen LogP contribution in [0.2, 0.25) is 0 Å². The lowest BCUT2D eigenvalue weighted by atomic mass is 10.1. The molecule has 4 rings (SSSR count). The number of nitrogens with zero attached hydrogens (tertiary/aromatic N) is 1. The van der Waals surface area contributed by atoms with Gasteiger partial charge in [0, 0.05) is 5.39 Å². The van der Waals surface area contributed by atoms with Gasteiger partial charge in [-0.05, 0) is 29.7 Å². The van der Waals surface area contributed by atoms with E-state index in [1.807, 2.05) is 30.3 Å². The van der Waals surface area contributed by atoms with Crippen molar-refractivity contribution in [3.8, 4) is 0 Å². The van der Waals surface area contributed by atoms with Gasteiger partial charge in [0.2, 0.25) is 0 Å². The second-order valence-corrected chi connectivity index (χ2v) is 5.47. The molecule has 0 radical (unpaired) electrons. The summed E-state index contributed by atoms with van der Waals surface area (Å²) in [6.45, 7) is 0. The van der Waals surface area contributed by atoms with E-state index >= 15 is 0 Å². The number of anilines is 1. The van der Waals surface area contributed by atoms with Crippen molar-refractivity contribution in [1.82, 2.24) is 5.32 Å². The summed E-state index contributed by atoms with van der Waals surface area (Å²) in [6.07, 6.45) is 2.76. The van der Waals surface area contributed by atoms with Crippen molar-refractivity contribution in [3.63, 3.8) is 0 Å². The van der Waals surface area contributed by atoms with E-state index in [1.54, 1.807) is 24.3 Å². The van der Waals surface area contributed by atoms with Crippen LogP contribution < -0.4 is 10.2 Å². The molecule has 0 spiro atoms. The molecule has 1 saturated heterocycles. The molecule has 1 aliphatic heterocycles. The molecule has 1 aliphatic rings. The second kappa shape index (κ2) is 5.76. The van der Waals surface area contributed by atoms with Crippen LogP contribution in [0, 0.1) is 0 Å². The maximum atomic E-state index is 12.9. The summed E-state index contributed by atoms with van der Waals surface area (Å²) in [5, 5.41) is 3.82. The maximum Gasteiger partial charge on any atom is 0.335 e. The number of hydrogen-bond donors (Lipinski definition) is 1. The Morgan fingerprint density at radius 2 is 1.72 bits per heavy atom. The van der Waals surface area contributed by atoms with Crippen LogP contribution in [0.4, 0.5) is 10.5 Å². The van der Waals surface area contributed by atoms with E-state index in [0.717, 1.165) is 15.7 Å². The van der Waals surface area contributed by atoms with Crippen molar-refractivity contribution in [1.29, 1.82) is 0 Å². The highest BCUT2D eigenvalue weighted by Crippen LogP contribution is 2.29. The normalized spacial score (nSPS) is 16.6. The highest BCUT2D eigenvalue weighted by molar-refractivity contribution is 6.40. The largest absolute Gasteiger partial charge is 0.465 e. The minimum absolute atomic E-state index is 0.164. The van der Waals surface area contributed by atoms with Crippen molar-refractivity contribution in [2.24, 2.45) is 0 Å². The van der Waals surface area contributed by atoms with E-state index in [2.05, 4.69) is 5.32 Å². The summed E-state index contributed by atoms with van der Waals surface area (Å²) in [5.41, 5.74) is 0.251. The lowest BCUT2D eigenvalue weighted by Gasteiger charge is -2.27. The zero-order chi connectivity index (χ0) is 17.4. The predicted molar refractivity (Wildman–Crippen MR) is 91.7 cm³/mol. The van der Waals surface area contributed by atoms with Gasteiger partial charge in [0.05, 0.1) is 12.0 Å². The van der Waals surface area contributed by atoms with Gasteiger partial charge in [-0.25, -0.2) is 9.69 Å². The number of amides is 4. The monoisotopic (exact) mass is 332 g/mol. The van der Waals surface area contributed by atoms with Crippen molar-refractivity contribution >= 4 is 40.4 Å². The fourth-order valence-corrected chi connectivity index (χ4v) is 2.80. The number of hydrogen-bond acceptors (Lipinski definition) is 4. The van der Waals surface area contributed by atoms with Crippen molar-refractivity contribution < 1.29 is 18.8 Å². The van der Waals surface area contributed by atoms with Gasteiger partial charge in [0.25, 0.3) is 11.8 Å². The van der Waals surface area contributed by atoms with Crippen LogP contribution >= 0.6 is 0 Å². The van der Waals surface area contributed by atoms with Gasteiger partial charge in [-0.15, -0.1) is 0 Å². The standard InChI is InChI=1S/C19H12N2O4/c22-17-15(11-13-7-4-10-25-13)18(23)21(19(24)20-17)16-9-3-6-12-5-1-2-8-14(12)16/h1-11H,(H,20,22,24)/b15-11+. The van der Waals surface area contributed by atoms with E-state index in [4.69, 9.17) is 4.42 Å². The number of furan rings is 1. The van der Waals surface area contributed by atoms with Crippen molar-refractivity contribution in [3.05, 3.63) is 72.2 Å². The third kappa shape index (κ3) is 2.49. The van der Waals surface area contributed by atoms with Crippen LogP contribution in [0.3, 0.4) is 0 Å². The first-order valence-electron chi connectivity index (χ1n) is 7.58. The molecule has 0 bridgehead atoms. The maximum absolute atomic E-state index is 12.9. The molecule has 0 saturated carbocycles. The van der Waals surface area contributed by atoms with Gasteiger partial charge in [-0.1, -0.05) is 36.4 Å². The number of fused-ring (bicyclic) bond motifs is 1. The first-order chi connectivity index (χ1) is 12.1. The second-order valence-electron chi connectivity index (χ2n) is 5.47. The zero-order valence-corrected chi connectivity index (χ0v) is 12.9. The molecule has 1 N–H and O–H groups in total. The molecule has 2 heterocycles. The third-order valence-corrected chi connectivity index (χ3v) is 3.94. The molecule has 0 aliphatic carbocycles. The molecule has 1 fully saturated rings. The minimum Gasteiger partial charge on any atom is -0.465 e. The summed E-state index contributed by atoms with van der Waals surface area (Å²) in [4.78, 5) is 38.2. The van der Waals surface area contributed by atoms with E-state index in [0.29, 0.717) is 11.4 Å². The average Bonchev–Trinajstić information content (AvgIpc) is 3.12. The third-order valence-electron chi connectivity index (χ3n) is 3.94. The quantitative estimate of drug-likeness (QED) is 0.578. The lowest BCUT2D eigenvalue weighted by Crippen LogP contribution is -2.54. The van der Waals surface area contributed by atoms with Crippen molar-refractivity contribution in [2.45, 2.75) is 0 Å². The van der Waals surface area contributed by atoms with Crippen LogP contribution in [0.25, 0.3) is 16.8 Å². The predicted octanol–water partition coefficient (Wildman–Crippen LogP) is 3.10. The van der Waals surface area contributed by atoms with Gasteiger partial charge in [-0.2, -0.15) is 0 Å². The number of carbonyl (C=O) groups excluding carboxylic acids is 3. The smallest absolute Gasteiger partial charge is 0.335 e. The molecule has 122 valence electrons. The molecule has 1 aromatic heterocycles. The van der Waals surface area contributed by atoms with Gasteiger partial charge in [0.15, 0.2) is 0 Å². The summed E-state index contributed by atoms with van der Waals surface area (Å²) >= 11 is 0. The van der Waals surface area contributed by atoms with Gasteiger partial charge < -0.3 is 4.42 Å². The Morgan fingerprint density at radius 3 is 2.52 bits per heavy atom. The minimum atomic E-state index is -0.775. The van der Waals surface area contributed by atoms with Gasteiger partial charge >= 0.3 is 6.03 Å².